The van der Waals surface area contributed by atoms with Crippen LogP contribution in [0, 0.1) is 0 Å². The van der Waals surface area contributed by atoms with Crippen LogP contribution >= 0.6 is 0 Å². The number of phenols is 1. The summed E-state index contributed by atoms with van der Waals surface area (Å²) in [5.41, 5.74) is 12.0. The highest BCUT2D eigenvalue weighted by atomic mass is 16.3. The fourth-order valence-corrected chi connectivity index (χ4v) is 1.29. The van der Waals surface area contributed by atoms with Gasteiger partial charge in [-0.05, 0) is 25.5 Å². The van der Waals surface area contributed by atoms with E-state index in [-0.39, 0.29) is 11.8 Å². The number of hydrogen-bond acceptors (Lipinski definition) is 3. The first-order chi connectivity index (χ1) is 6.25. The molecule has 0 saturated heterocycles. The molecule has 0 unspecified atom stereocenters. The van der Waals surface area contributed by atoms with Gasteiger partial charge in [-0.15, -0.1) is 0 Å². The number of para-hydroxylation sites is 1. The highest BCUT2D eigenvalue weighted by Crippen LogP contribution is 2.24. The minimum Gasteiger partial charge on any atom is -0.508 e. The molecule has 0 aliphatic heterocycles. The molecule has 72 valence electrons. The molecule has 0 aliphatic carbocycles. The van der Waals surface area contributed by atoms with Crippen LogP contribution in [-0.4, -0.2) is 11.7 Å². The zero-order chi connectivity index (χ0) is 9.68. The summed E-state index contributed by atoms with van der Waals surface area (Å²) in [6, 6.07) is 7.05. The molecule has 0 aliphatic rings. The Hall–Kier alpha value is -1.06. The summed E-state index contributed by atoms with van der Waals surface area (Å²) >= 11 is 0. The van der Waals surface area contributed by atoms with Crippen molar-refractivity contribution in [2.75, 3.05) is 6.54 Å². The molecule has 0 fully saturated rings. The van der Waals surface area contributed by atoms with Crippen molar-refractivity contribution in [3.63, 3.8) is 0 Å². The molecular weight excluding hydrogens is 164 g/mol. The number of hydrogen-bond donors (Lipinski definition) is 3. The maximum Gasteiger partial charge on any atom is 0.120 e. The third-order valence-corrected chi connectivity index (χ3v) is 2.06. The molecule has 0 amide bonds. The molecule has 0 aromatic heterocycles. The van der Waals surface area contributed by atoms with Crippen LogP contribution in [0.25, 0.3) is 0 Å². The Bertz CT molecular complexity index is 263. The third kappa shape index (κ3) is 2.72. The van der Waals surface area contributed by atoms with Gasteiger partial charge in [0.1, 0.15) is 5.75 Å². The average Bonchev–Trinajstić information content (AvgIpc) is 2.15. The summed E-state index contributed by atoms with van der Waals surface area (Å²) < 4.78 is 0. The average molecular weight is 180 g/mol. The van der Waals surface area contributed by atoms with E-state index in [1.807, 2.05) is 12.1 Å². The van der Waals surface area contributed by atoms with E-state index in [9.17, 15) is 5.11 Å². The SMILES string of the molecule is NCCC[C@H](N)c1ccccc1O. The first-order valence-corrected chi connectivity index (χ1v) is 4.49. The van der Waals surface area contributed by atoms with E-state index in [4.69, 9.17) is 11.5 Å². The molecule has 13 heavy (non-hydrogen) atoms. The molecule has 1 aromatic carbocycles. The number of benzene rings is 1. The van der Waals surface area contributed by atoms with E-state index < -0.39 is 0 Å². The molecular formula is C10H16N2O. The Morgan fingerprint density at radius 3 is 2.62 bits per heavy atom. The standard InChI is InChI=1S/C10H16N2O/c11-7-3-5-9(12)8-4-1-2-6-10(8)13/h1-2,4,6,9,13H,3,5,7,11-12H2/t9-/m0/s1. The van der Waals surface area contributed by atoms with Gasteiger partial charge >= 0.3 is 0 Å². The maximum absolute atomic E-state index is 9.47. The Kier molecular flexibility index (Phi) is 3.73. The van der Waals surface area contributed by atoms with E-state index in [2.05, 4.69) is 0 Å². The largest absolute Gasteiger partial charge is 0.508 e. The van der Waals surface area contributed by atoms with Crippen molar-refractivity contribution in [2.45, 2.75) is 18.9 Å². The van der Waals surface area contributed by atoms with Gasteiger partial charge in [0.2, 0.25) is 0 Å². The molecule has 5 N–H and O–H groups in total. The van der Waals surface area contributed by atoms with Crippen molar-refractivity contribution in [3.05, 3.63) is 29.8 Å². The van der Waals surface area contributed by atoms with Crippen LogP contribution in [0.5, 0.6) is 5.75 Å². The van der Waals surface area contributed by atoms with E-state index in [0.29, 0.717) is 6.54 Å². The zero-order valence-electron chi connectivity index (χ0n) is 7.61. The molecule has 1 rings (SSSR count). The molecule has 3 nitrogen and oxygen atoms in total. The van der Waals surface area contributed by atoms with Crippen LogP contribution in [0.3, 0.4) is 0 Å². The number of phenolic OH excluding ortho intramolecular Hbond substituents is 1. The second-order valence-electron chi connectivity index (χ2n) is 3.10. The predicted octanol–water partition coefficient (Wildman–Crippen LogP) is 1.13. The molecule has 1 aromatic rings. The number of rotatable bonds is 4. The van der Waals surface area contributed by atoms with Gasteiger partial charge in [0.25, 0.3) is 0 Å². The summed E-state index contributed by atoms with van der Waals surface area (Å²) in [5.74, 6) is 0.270. The molecule has 1 atom stereocenters. The maximum atomic E-state index is 9.47. The van der Waals surface area contributed by atoms with Gasteiger partial charge in [0.05, 0.1) is 0 Å². The van der Waals surface area contributed by atoms with Crippen LogP contribution in [0.4, 0.5) is 0 Å². The monoisotopic (exact) mass is 180 g/mol. The second kappa shape index (κ2) is 4.84. The van der Waals surface area contributed by atoms with Gasteiger partial charge < -0.3 is 16.6 Å². The van der Waals surface area contributed by atoms with Crippen molar-refractivity contribution < 1.29 is 5.11 Å². The van der Waals surface area contributed by atoms with Crippen molar-refractivity contribution in [1.29, 1.82) is 0 Å². The predicted molar refractivity (Wildman–Crippen MR) is 53.3 cm³/mol. The quantitative estimate of drug-likeness (QED) is 0.650. The van der Waals surface area contributed by atoms with Crippen LogP contribution in [0.1, 0.15) is 24.4 Å². The normalized spacial score (nSPS) is 12.8. The highest BCUT2D eigenvalue weighted by molar-refractivity contribution is 5.34. The van der Waals surface area contributed by atoms with Gasteiger partial charge in [-0.3, -0.25) is 0 Å². The van der Waals surface area contributed by atoms with Crippen molar-refractivity contribution in [3.8, 4) is 5.75 Å². The van der Waals surface area contributed by atoms with Crippen molar-refractivity contribution in [2.24, 2.45) is 11.5 Å². The zero-order valence-corrected chi connectivity index (χ0v) is 7.61. The fraction of sp³-hybridized carbons (Fsp3) is 0.400. The molecule has 0 spiro atoms. The van der Waals surface area contributed by atoms with E-state index in [1.54, 1.807) is 12.1 Å². The van der Waals surface area contributed by atoms with Crippen LogP contribution in [0.15, 0.2) is 24.3 Å². The minimum absolute atomic E-state index is 0.107. The Balaban J connectivity index is 2.65. The Labute approximate surface area is 78.4 Å². The van der Waals surface area contributed by atoms with Crippen LogP contribution < -0.4 is 11.5 Å². The Morgan fingerprint density at radius 1 is 1.31 bits per heavy atom. The lowest BCUT2D eigenvalue weighted by atomic mass is 10.0. The first-order valence-electron chi connectivity index (χ1n) is 4.49. The molecule has 0 saturated carbocycles. The molecule has 0 radical (unpaired) electrons. The number of nitrogens with two attached hydrogens (primary N) is 2. The Morgan fingerprint density at radius 2 is 2.00 bits per heavy atom. The lowest BCUT2D eigenvalue weighted by Gasteiger charge is -2.12. The first kappa shape index (κ1) is 10.0. The molecule has 3 heteroatoms. The summed E-state index contributed by atoms with van der Waals surface area (Å²) in [6.45, 7) is 0.640. The van der Waals surface area contributed by atoms with Gasteiger partial charge in [0, 0.05) is 11.6 Å². The van der Waals surface area contributed by atoms with Gasteiger partial charge in [-0.2, -0.15) is 0 Å². The van der Waals surface area contributed by atoms with E-state index in [0.717, 1.165) is 18.4 Å². The van der Waals surface area contributed by atoms with Gasteiger partial charge in [-0.1, -0.05) is 18.2 Å². The third-order valence-electron chi connectivity index (χ3n) is 2.06. The molecule has 0 heterocycles. The highest BCUT2D eigenvalue weighted by Gasteiger charge is 2.08. The summed E-state index contributed by atoms with van der Waals surface area (Å²) in [7, 11) is 0. The second-order valence-corrected chi connectivity index (χ2v) is 3.10. The fourth-order valence-electron chi connectivity index (χ4n) is 1.29. The van der Waals surface area contributed by atoms with Crippen LogP contribution in [-0.2, 0) is 0 Å². The van der Waals surface area contributed by atoms with Crippen molar-refractivity contribution >= 4 is 0 Å². The molecule has 0 bridgehead atoms. The van der Waals surface area contributed by atoms with Gasteiger partial charge in [-0.25, -0.2) is 0 Å². The minimum atomic E-state index is -0.107. The van der Waals surface area contributed by atoms with E-state index in [1.165, 1.54) is 0 Å². The summed E-state index contributed by atoms with van der Waals surface area (Å²) in [5, 5.41) is 9.47. The summed E-state index contributed by atoms with van der Waals surface area (Å²) in [4.78, 5) is 0. The van der Waals surface area contributed by atoms with Crippen molar-refractivity contribution in [1.82, 2.24) is 0 Å². The van der Waals surface area contributed by atoms with Gasteiger partial charge in [0.15, 0.2) is 0 Å². The topological polar surface area (TPSA) is 72.3 Å². The van der Waals surface area contributed by atoms with E-state index >= 15 is 0 Å². The smallest absolute Gasteiger partial charge is 0.120 e. The lowest BCUT2D eigenvalue weighted by Crippen LogP contribution is -2.12. The lowest BCUT2D eigenvalue weighted by molar-refractivity contribution is 0.457. The number of aromatic hydroxyl groups is 1. The summed E-state index contributed by atoms with van der Waals surface area (Å²) in [6.07, 6.45) is 1.70. The van der Waals surface area contributed by atoms with Crippen LogP contribution in [0.2, 0.25) is 0 Å².